The van der Waals surface area contributed by atoms with Crippen LogP contribution in [0.15, 0.2) is 4.99 Å². The normalized spacial score (nSPS) is 22.9. The molecule has 1 heteroatoms. The average molecular weight is 97.2 g/mol. The number of hydrogen-bond acceptors (Lipinski definition) is 1. The number of aliphatic imine (C=N–C) groups is 1. The van der Waals surface area contributed by atoms with E-state index in [0.29, 0.717) is 6.04 Å². The second-order valence-corrected chi connectivity index (χ2v) is 2.12. The Kier molecular flexibility index (Phi) is 1.45. The number of hydrogen-bond donors (Lipinski definition) is 0. The molecule has 0 unspecified atom stereocenters. The first-order valence-corrected chi connectivity index (χ1v) is 2.89. The second-order valence-electron chi connectivity index (χ2n) is 2.12. The third kappa shape index (κ3) is 1.02. The van der Waals surface area contributed by atoms with Crippen molar-refractivity contribution in [3.63, 3.8) is 0 Å². The summed E-state index contributed by atoms with van der Waals surface area (Å²) in [6.07, 6.45) is 5.29. The molecule has 0 radical (unpaired) electrons. The minimum absolute atomic E-state index is 0.611. The van der Waals surface area contributed by atoms with Crippen LogP contribution in [0.5, 0.6) is 0 Å². The maximum absolute atomic E-state index is 3.94. The van der Waals surface area contributed by atoms with Crippen molar-refractivity contribution in [3.8, 4) is 0 Å². The van der Waals surface area contributed by atoms with E-state index in [4.69, 9.17) is 0 Å². The molecular weight excluding hydrogens is 86.1 g/mol. The van der Waals surface area contributed by atoms with Gasteiger partial charge in [-0.25, -0.2) is 0 Å². The summed E-state index contributed by atoms with van der Waals surface area (Å²) in [5.41, 5.74) is 0. The van der Waals surface area contributed by atoms with Crippen LogP contribution < -0.4 is 0 Å². The Morgan fingerprint density at radius 1 is 1.29 bits per heavy atom. The SMILES string of the molecule is C=NC1CCCC1. The summed E-state index contributed by atoms with van der Waals surface area (Å²) in [6, 6.07) is 0.611. The van der Waals surface area contributed by atoms with Gasteiger partial charge in [-0.05, 0) is 19.6 Å². The van der Waals surface area contributed by atoms with E-state index < -0.39 is 0 Å². The van der Waals surface area contributed by atoms with Crippen LogP contribution in [0.4, 0.5) is 0 Å². The van der Waals surface area contributed by atoms with E-state index >= 15 is 0 Å². The predicted octanol–water partition coefficient (Wildman–Crippen LogP) is 1.63. The van der Waals surface area contributed by atoms with Crippen molar-refractivity contribution in [2.45, 2.75) is 31.7 Å². The van der Waals surface area contributed by atoms with Crippen molar-refractivity contribution in [1.82, 2.24) is 0 Å². The fourth-order valence-corrected chi connectivity index (χ4v) is 1.09. The highest BCUT2D eigenvalue weighted by molar-refractivity contribution is 5.24. The molecule has 0 bridgehead atoms. The molecule has 0 N–H and O–H groups in total. The van der Waals surface area contributed by atoms with Crippen LogP contribution in [-0.4, -0.2) is 12.8 Å². The summed E-state index contributed by atoms with van der Waals surface area (Å²) < 4.78 is 0. The lowest BCUT2D eigenvalue weighted by atomic mass is 10.3. The Balaban J connectivity index is 2.26. The van der Waals surface area contributed by atoms with Crippen LogP contribution in [0.1, 0.15) is 25.7 Å². The van der Waals surface area contributed by atoms with Crippen LogP contribution in [0.3, 0.4) is 0 Å². The molecule has 0 aliphatic heterocycles. The van der Waals surface area contributed by atoms with Gasteiger partial charge < -0.3 is 0 Å². The number of nitrogens with zero attached hydrogens (tertiary/aromatic N) is 1. The standard InChI is InChI=1S/C6H11N/c1-7-6-4-2-3-5-6/h6H,1-5H2. The summed E-state index contributed by atoms with van der Waals surface area (Å²) in [7, 11) is 0. The van der Waals surface area contributed by atoms with Gasteiger partial charge in [0.05, 0.1) is 0 Å². The van der Waals surface area contributed by atoms with Gasteiger partial charge in [-0.3, -0.25) is 4.99 Å². The molecule has 0 saturated heterocycles. The average Bonchev–Trinajstić information content (AvgIpc) is 2.14. The Bertz CT molecular complexity index is 62.6. The van der Waals surface area contributed by atoms with Crippen LogP contribution in [0.25, 0.3) is 0 Å². The summed E-state index contributed by atoms with van der Waals surface area (Å²) in [5.74, 6) is 0. The largest absolute Gasteiger partial charge is 0.298 e. The number of rotatable bonds is 1. The summed E-state index contributed by atoms with van der Waals surface area (Å²) in [4.78, 5) is 3.94. The maximum atomic E-state index is 3.94. The lowest BCUT2D eigenvalue weighted by Crippen LogP contribution is -1.92. The van der Waals surface area contributed by atoms with Crippen LogP contribution in [0, 0.1) is 0 Å². The lowest BCUT2D eigenvalue weighted by Gasteiger charge is -1.94. The molecule has 0 spiro atoms. The minimum Gasteiger partial charge on any atom is -0.298 e. The topological polar surface area (TPSA) is 12.4 Å². The van der Waals surface area contributed by atoms with Crippen molar-refractivity contribution in [3.05, 3.63) is 0 Å². The van der Waals surface area contributed by atoms with E-state index in [1.165, 1.54) is 25.7 Å². The van der Waals surface area contributed by atoms with Gasteiger partial charge in [0.15, 0.2) is 0 Å². The monoisotopic (exact) mass is 97.1 g/mol. The molecule has 7 heavy (non-hydrogen) atoms. The summed E-state index contributed by atoms with van der Waals surface area (Å²) in [6.45, 7) is 3.49. The van der Waals surface area contributed by atoms with E-state index in [2.05, 4.69) is 11.7 Å². The zero-order chi connectivity index (χ0) is 5.11. The van der Waals surface area contributed by atoms with Gasteiger partial charge in [-0.15, -0.1) is 0 Å². The first kappa shape index (κ1) is 4.82. The zero-order valence-corrected chi connectivity index (χ0v) is 4.56. The van der Waals surface area contributed by atoms with Gasteiger partial charge >= 0.3 is 0 Å². The van der Waals surface area contributed by atoms with Crippen molar-refractivity contribution in [1.29, 1.82) is 0 Å². The molecular formula is C6H11N. The van der Waals surface area contributed by atoms with Crippen LogP contribution in [-0.2, 0) is 0 Å². The van der Waals surface area contributed by atoms with E-state index in [-0.39, 0.29) is 0 Å². The van der Waals surface area contributed by atoms with Crippen molar-refractivity contribution in [2.75, 3.05) is 0 Å². The molecule has 1 rings (SSSR count). The molecule has 1 aliphatic rings. The van der Waals surface area contributed by atoms with Gasteiger partial charge in [0.1, 0.15) is 0 Å². The highest BCUT2D eigenvalue weighted by Gasteiger charge is 2.10. The molecule has 0 aromatic rings. The third-order valence-corrected chi connectivity index (χ3v) is 1.58. The first-order valence-electron chi connectivity index (χ1n) is 2.89. The van der Waals surface area contributed by atoms with Gasteiger partial charge in [0, 0.05) is 6.04 Å². The van der Waals surface area contributed by atoms with Gasteiger partial charge in [0.25, 0.3) is 0 Å². The molecule has 0 atom stereocenters. The first-order chi connectivity index (χ1) is 3.43. The molecule has 0 aromatic carbocycles. The Hall–Kier alpha value is -0.330. The van der Waals surface area contributed by atoms with Crippen molar-refractivity contribution < 1.29 is 0 Å². The zero-order valence-electron chi connectivity index (χ0n) is 4.56. The van der Waals surface area contributed by atoms with E-state index in [9.17, 15) is 0 Å². The van der Waals surface area contributed by atoms with Crippen LogP contribution >= 0.6 is 0 Å². The van der Waals surface area contributed by atoms with Crippen molar-refractivity contribution in [2.24, 2.45) is 4.99 Å². The van der Waals surface area contributed by atoms with Crippen LogP contribution in [0.2, 0.25) is 0 Å². The highest BCUT2D eigenvalue weighted by Crippen LogP contribution is 2.19. The molecule has 40 valence electrons. The molecule has 1 nitrogen and oxygen atoms in total. The van der Waals surface area contributed by atoms with Gasteiger partial charge in [-0.1, -0.05) is 12.8 Å². The Labute approximate surface area is 44.5 Å². The highest BCUT2D eigenvalue weighted by atomic mass is 14.7. The van der Waals surface area contributed by atoms with Gasteiger partial charge in [-0.2, -0.15) is 0 Å². The smallest absolute Gasteiger partial charge is 0.0492 e. The Morgan fingerprint density at radius 3 is 2.14 bits per heavy atom. The minimum atomic E-state index is 0.611. The lowest BCUT2D eigenvalue weighted by molar-refractivity contribution is 0.712. The Morgan fingerprint density at radius 2 is 1.86 bits per heavy atom. The van der Waals surface area contributed by atoms with E-state index in [1.54, 1.807) is 0 Å². The molecule has 0 aromatic heterocycles. The second kappa shape index (κ2) is 2.10. The van der Waals surface area contributed by atoms with Gasteiger partial charge in [0.2, 0.25) is 0 Å². The molecule has 1 fully saturated rings. The van der Waals surface area contributed by atoms with E-state index in [0.717, 1.165) is 0 Å². The quantitative estimate of drug-likeness (QED) is 0.441. The summed E-state index contributed by atoms with van der Waals surface area (Å²) >= 11 is 0. The van der Waals surface area contributed by atoms with E-state index in [1.807, 2.05) is 0 Å². The fourth-order valence-electron chi connectivity index (χ4n) is 1.09. The molecule has 1 aliphatic carbocycles. The summed E-state index contributed by atoms with van der Waals surface area (Å²) in [5, 5.41) is 0. The predicted molar refractivity (Wildman–Crippen MR) is 31.8 cm³/mol. The fraction of sp³-hybridized carbons (Fsp3) is 0.833. The maximum Gasteiger partial charge on any atom is 0.0492 e. The molecule has 0 heterocycles. The third-order valence-electron chi connectivity index (χ3n) is 1.58. The molecule has 0 amide bonds. The van der Waals surface area contributed by atoms with Crippen molar-refractivity contribution >= 4 is 6.72 Å². The molecule has 1 saturated carbocycles.